The van der Waals surface area contributed by atoms with Crippen LogP contribution in [0.25, 0.3) is 16.2 Å². The van der Waals surface area contributed by atoms with Crippen molar-refractivity contribution >= 4 is 39.9 Å². The van der Waals surface area contributed by atoms with Crippen molar-refractivity contribution in [2.45, 2.75) is 26.7 Å². The molecule has 0 amide bonds. The van der Waals surface area contributed by atoms with Gasteiger partial charge in [-0.1, -0.05) is 6.92 Å². The predicted octanol–water partition coefficient (Wildman–Crippen LogP) is 2.67. The third-order valence-electron chi connectivity index (χ3n) is 6.53. The second kappa shape index (κ2) is 8.03. The highest BCUT2D eigenvalue weighted by Crippen LogP contribution is 2.34. The summed E-state index contributed by atoms with van der Waals surface area (Å²) in [6.07, 6.45) is 4.31. The Balaban J connectivity index is 1.43. The predicted molar refractivity (Wildman–Crippen MR) is 124 cm³/mol. The molecule has 1 N–H and O–H groups in total. The molecule has 0 spiro atoms. The average Bonchev–Trinajstić information content (AvgIpc) is 3.24. The van der Waals surface area contributed by atoms with Crippen LogP contribution < -0.4 is 10.3 Å². The Kier molecular flexibility index (Phi) is 5.29. The molecule has 5 rings (SSSR count). The van der Waals surface area contributed by atoms with E-state index in [0.29, 0.717) is 41.7 Å². The number of carboxylic acid groups (broad SMARTS) is 1. The number of ketones is 1. The molecule has 2 saturated heterocycles. The first-order chi connectivity index (χ1) is 15.8. The van der Waals surface area contributed by atoms with Gasteiger partial charge in [0.25, 0.3) is 0 Å². The van der Waals surface area contributed by atoms with Crippen molar-refractivity contribution in [3.8, 4) is 5.13 Å². The number of carbonyl (C=O) groups excluding carboxylic acids is 1. The maximum Gasteiger partial charge on any atom is 0.341 e. The lowest BCUT2D eigenvalue weighted by Crippen LogP contribution is -2.51. The van der Waals surface area contributed by atoms with E-state index in [-0.39, 0.29) is 28.1 Å². The summed E-state index contributed by atoms with van der Waals surface area (Å²) in [6, 6.07) is 1.79. The quantitative estimate of drug-likeness (QED) is 0.563. The van der Waals surface area contributed by atoms with Crippen LogP contribution in [0.15, 0.2) is 28.6 Å². The Morgan fingerprint density at radius 2 is 2.09 bits per heavy atom. The fraction of sp³-hybridized carbons (Fsp3) is 0.435. The minimum Gasteiger partial charge on any atom is -0.477 e. The van der Waals surface area contributed by atoms with Gasteiger partial charge in [-0.3, -0.25) is 14.2 Å². The molecular weight excluding hydrogens is 444 g/mol. The summed E-state index contributed by atoms with van der Waals surface area (Å²) in [6.45, 7) is 6.54. The molecule has 9 nitrogen and oxygen atoms in total. The van der Waals surface area contributed by atoms with Crippen LogP contribution in [0.4, 0.5) is 5.82 Å². The molecule has 0 aromatic carbocycles. The van der Waals surface area contributed by atoms with Crippen molar-refractivity contribution in [1.29, 1.82) is 0 Å². The van der Waals surface area contributed by atoms with E-state index in [1.54, 1.807) is 29.1 Å². The SMILES string of the molecule is Cc1cc(N2CC(C(=O)CCC3(C)COC3)C2)nc2c1c(=O)c(C(=O)O)cn2-c1nccs1. The van der Waals surface area contributed by atoms with Crippen LogP contribution in [0, 0.1) is 18.3 Å². The van der Waals surface area contributed by atoms with Gasteiger partial charge in [-0.25, -0.2) is 14.8 Å². The summed E-state index contributed by atoms with van der Waals surface area (Å²) in [4.78, 5) is 48.2. The molecule has 2 aliphatic heterocycles. The van der Waals surface area contributed by atoms with Gasteiger partial charge in [0, 0.05) is 42.7 Å². The summed E-state index contributed by atoms with van der Waals surface area (Å²) in [5, 5.41) is 12.1. The first kappa shape index (κ1) is 21.7. The summed E-state index contributed by atoms with van der Waals surface area (Å²) in [5.74, 6) is -0.385. The third kappa shape index (κ3) is 3.83. The van der Waals surface area contributed by atoms with Gasteiger partial charge in [0.2, 0.25) is 5.43 Å². The molecule has 2 fully saturated rings. The van der Waals surface area contributed by atoms with Gasteiger partial charge >= 0.3 is 5.97 Å². The highest BCUT2D eigenvalue weighted by molar-refractivity contribution is 7.12. The number of pyridine rings is 2. The van der Waals surface area contributed by atoms with E-state index >= 15 is 0 Å². The second-order valence-corrected chi connectivity index (χ2v) is 10.1. The zero-order valence-corrected chi connectivity index (χ0v) is 19.2. The van der Waals surface area contributed by atoms with Gasteiger partial charge in [0.1, 0.15) is 17.2 Å². The van der Waals surface area contributed by atoms with Crippen molar-refractivity contribution in [1.82, 2.24) is 14.5 Å². The molecule has 0 unspecified atom stereocenters. The number of aryl methyl sites for hydroxylation is 1. The fourth-order valence-corrected chi connectivity index (χ4v) is 4.98. The number of aromatic carboxylic acids is 1. The molecule has 10 heteroatoms. The van der Waals surface area contributed by atoms with Crippen LogP contribution in [0.1, 0.15) is 35.7 Å². The molecule has 33 heavy (non-hydrogen) atoms. The van der Waals surface area contributed by atoms with Crippen molar-refractivity contribution in [2.24, 2.45) is 11.3 Å². The number of aromatic nitrogens is 3. The molecule has 5 heterocycles. The first-order valence-corrected chi connectivity index (χ1v) is 11.7. The lowest BCUT2D eigenvalue weighted by Gasteiger charge is -2.41. The standard InChI is InChI=1S/C23H24N4O5S/c1-13-7-17(26-8-14(9-26)16(28)3-4-23(2)11-32-12-23)25-20-18(13)19(29)15(21(30)31)10-27(20)22-24-5-6-33-22/h5-7,10,14H,3-4,8-9,11-12H2,1-2H3,(H,30,31). The number of fused-ring (bicyclic) bond motifs is 1. The molecule has 0 aliphatic carbocycles. The van der Waals surface area contributed by atoms with Crippen molar-refractivity contribution < 1.29 is 19.4 Å². The normalized spacial score (nSPS) is 17.6. The molecule has 3 aromatic rings. The van der Waals surface area contributed by atoms with Gasteiger partial charge in [-0.05, 0) is 25.0 Å². The molecule has 0 radical (unpaired) electrons. The number of nitrogens with zero attached hydrogens (tertiary/aromatic N) is 4. The number of hydrogen-bond acceptors (Lipinski definition) is 8. The van der Waals surface area contributed by atoms with E-state index in [1.807, 2.05) is 4.90 Å². The van der Waals surface area contributed by atoms with Crippen LogP contribution >= 0.6 is 11.3 Å². The fourth-order valence-electron chi connectivity index (χ4n) is 4.37. The number of rotatable bonds is 7. The third-order valence-corrected chi connectivity index (χ3v) is 7.31. The van der Waals surface area contributed by atoms with E-state index in [0.717, 1.165) is 19.6 Å². The zero-order valence-electron chi connectivity index (χ0n) is 18.4. The number of carboxylic acids is 1. The Labute approximate surface area is 193 Å². The van der Waals surface area contributed by atoms with Gasteiger partial charge in [0.15, 0.2) is 10.8 Å². The van der Waals surface area contributed by atoms with Gasteiger partial charge < -0.3 is 14.7 Å². The molecular formula is C23H24N4O5S. The average molecular weight is 469 g/mol. The summed E-state index contributed by atoms with van der Waals surface area (Å²) in [5.41, 5.74) is 0.246. The monoisotopic (exact) mass is 468 g/mol. The Morgan fingerprint density at radius 1 is 1.33 bits per heavy atom. The lowest BCUT2D eigenvalue weighted by molar-refractivity contribution is -0.130. The molecule has 3 aromatic heterocycles. The maximum absolute atomic E-state index is 12.9. The zero-order chi connectivity index (χ0) is 23.3. The number of thiazole rings is 1. The van der Waals surface area contributed by atoms with Crippen LogP contribution in [0.3, 0.4) is 0 Å². The number of hydrogen-bond donors (Lipinski definition) is 1. The molecule has 0 bridgehead atoms. The second-order valence-electron chi connectivity index (χ2n) is 9.23. The highest BCUT2D eigenvalue weighted by atomic mass is 32.1. The number of anilines is 1. The topological polar surface area (TPSA) is 115 Å². The van der Waals surface area contributed by atoms with Gasteiger partial charge in [-0.15, -0.1) is 11.3 Å². The largest absolute Gasteiger partial charge is 0.477 e. The van der Waals surface area contributed by atoms with Crippen LogP contribution in [0.2, 0.25) is 0 Å². The molecule has 0 atom stereocenters. The van der Waals surface area contributed by atoms with E-state index in [2.05, 4.69) is 11.9 Å². The maximum atomic E-state index is 12.9. The summed E-state index contributed by atoms with van der Waals surface area (Å²) >= 11 is 1.32. The van der Waals surface area contributed by atoms with Crippen LogP contribution in [-0.4, -0.2) is 57.7 Å². The molecule has 172 valence electrons. The lowest BCUT2D eigenvalue weighted by atomic mass is 9.81. The molecule has 2 aliphatic rings. The van der Waals surface area contributed by atoms with Crippen LogP contribution in [0.5, 0.6) is 0 Å². The Morgan fingerprint density at radius 3 is 2.70 bits per heavy atom. The summed E-state index contributed by atoms with van der Waals surface area (Å²) < 4.78 is 6.83. The van der Waals surface area contributed by atoms with Gasteiger partial charge in [-0.2, -0.15) is 0 Å². The summed E-state index contributed by atoms with van der Waals surface area (Å²) in [7, 11) is 0. The van der Waals surface area contributed by atoms with Gasteiger partial charge in [0.05, 0.1) is 24.5 Å². The number of Topliss-reactive ketones (excluding diaryl/α,β-unsaturated/α-hetero) is 1. The molecule has 0 saturated carbocycles. The highest BCUT2D eigenvalue weighted by Gasteiger charge is 2.37. The van der Waals surface area contributed by atoms with E-state index in [4.69, 9.17) is 9.72 Å². The number of carbonyl (C=O) groups is 2. The Hall–Kier alpha value is -3.11. The number of ether oxygens (including phenoxy) is 1. The van der Waals surface area contributed by atoms with E-state index in [9.17, 15) is 19.5 Å². The minimum atomic E-state index is -1.29. The van der Waals surface area contributed by atoms with E-state index in [1.165, 1.54) is 17.5 Å². The van der Waals surface area contributed by atoms with Crippen LogP contribution in [-0.2, 0) is 9.53 Å². The van der Waals surface area contributed by atoms with Crippen molar-refractivity contribution in [2.75, 3.05) is 31.2 Å². The van der Waals surface area contributed by atoms with E-state index < -0.39 is 11.4 Å². The van der Waals surface area contributed by atoms with Crippen molar-refractivity contribution in [3.63, 3.8) is 0 Å². The Bertz CT molecular complexity index is 1310. The van der Waals surface area contributed by atoms with Crippen molar-refractivity contribution in [3.05, 3.63) is 45.2 Å². The minimum absolute atomic E-state index is 0.0251. The first-order valence-electron chi connectivity index (χ1n) is 10.8. The smallest absolute Gasteiger partial charge is 0.341 e.